The first-order valence-corrected chi connectivity index (χ1v) is 12.4. The molecule has 0 aromatic rings. The molecule has 0 aromatic heterocycles. The molecule has 1 fully saturated rings. The van der Waals surface area contributed by atoms with Gasteiger partial charge in [-0.15, -0.1) is 0 Å². The number of methoxy groups -OCH3 is 2. The number of hydrogen-bond acceptors (Lipinski definition) is 6. The first kappa shape index (κ1) is 29.2. The van der Waals surface area contributed by atoms with E-state index in [-0.39, 0.29) is 30.1 Å². The lowest BCUT2D eigenvalue weighted by Gasteiger charge is -2.44. The van der Waals surface area contributed by atoms with Crippen molar-refractivity contribution < 1.29 is 23.7 Å². The van der Waals surface area contributed by atoms with Crippen LogP contribution in [-0.2, 0) is 23.7 Å². The summed E-state index contributed by atoms with van der Waals surface area (Å²) in [6.07, 6.45) is 7.13. The monoisotopic (exact) mass is 503 g/mol. The number of halogens is 3. The zero-order chi connectivity index (χ0) is 23.4. The van der Waals surface area contributed by atoms with Gasteiger partial charge in [-0.25, -0.2) is 0 Å². The van der Waals surface area contributed by atoms with Crippen LogP contribution in [0.4, 0.5) is 0 Å². The summed E-state index contributed by atoms with van der Waals surface area (Å²) in [7, 11) is 3.38. The van der Waals surface area contributed by atoms with Crippen LogP contribution >= 0.6 is 34.8 Å². The summed E-state index contributed by atoms with van der Waals surface area (Å²) >= 11 is 17.3. The molecule has 6 atom stereocenters. The molecule has 0 radical (unpaired) electrons. The van der Waals surface area contributed by atoms with Gasteiger partial charge >= 0.3 is 0 Å². The molecule has 1 aliphatic heterocycles. The van der Waals surface area contributed by atoms with Gasteiger partial charge in [0.2, 0.25) is 12.2 Å². The highest BCUT2D eigenvalue weighted by atomic mass is 35.6. The Balaban J connectivity index is 2.64. The average Bonchev–Trinajstić information content (AvgIpc) is 2.71. The minimum Gasteiger partial charge on any atom is -0.448 e. The maximum absolute atomic E-state index is 7.89. The van der Waals surface area contributed by atoms with Crippen LogP contribution in [0.3, 0.4) is 0 Å². The third kappa shape index (κ3) is 10.3. The first-order chi connectivity index (χ1) is 14.6. The van der Waals surface area contributed by atoms with E-state index in [0.29, 0.717) is 13.2 Å². The van der Waals surface area contributed by atoms with Crippen molar-refractivity contribution in [3.8, 4) is 0 Å². The largest absolute Gasteiger partial charge is 0.448 e. The molecule has 0 bridgehead atoms. The lowest BCUT2D eigenvalue weighted by molar-refractivity contribution is -0.253. The van der Waals surface area contributed by atoms with Crippen LogP contribution in [0.5, 0.6) is 0 Å². The highest BCUT2D eigenvalue weighted by Crippen LogP contribution is 2.36. The van der Waals surface area contributed by atoms with Gasteiger partial charge in [-0.2, -0.15) is 0 Å². The number of hydrogen-bond donors (Lipinski definition) is 1. The lowest BCUT2D eigenvalue weighted by atomic mass is 9.85. The Labute approximate surface area is 203 Å². The maximum atomic E-state index is 7.89. The molecule has 6 nitrogen and oxygen atoms in total. The predicted molar refractivity (Wildman–Crippen MR) is 126 cm³/mol. The highest BCUT2D eigenvalue weighted by Gasteiger charge is 2.45. The third-order valence-corrected chi connectivity index (χ3v) is 6.41. The summed E-state index contributed by atoms with van der Waals surface area (Å²) in [4.78, 5) is 0. The minimum absolute atomic E-state index is 0.0757. The van der Waals surface area contributed by atoms with Gasteiger partial charge in [-0.1, -0.05) is 87.7 Å². The quantitative estimate of drug-likeness (QED) is 0.133. The SMILES string of the molecule is CCCCCCC[C@H](CCO[C@H]1[C@H](C)[C@@H](COC)OC(OC(=N)C(Cl)(Cl)Cl)[C@@H]1C)OC. The van der Waals surface area contributed by atoms with Gasteiger partial charge in [0.05, 0.1) is 24.9 Å². The number of nitrogens with one attached hydrogen (secondary N) is 1. The Morgan fingerprint density at radius 3 is 2.29 bits per heavy atom. The number of ether oxygens (including phenoxy) is 5. The number of unbranched alkanes of at least 4 members (excludes halogenated alkanes) is 4. The Morgan fingerprint density at radius 2 is 1.71 bits per heavy atom. The van der Waals surface area contributed by atoms with E-state index in [0.717, 1.165) is 12.8 Å². The van der Waals surface area contributed by atoms with E-state index in [2.05, 4.69) is 13.8 Å². The molecule has 0 aromatic carbocycles. The molecule has 1 N–H and O–H groups in total. The molecular formula is C22H40Cl3NO5. The fourth-order valence-electron chi connectivity index (χ4n) is 3.93. The van der Waals surface area contributed by atoms with Crippen LogP contribution in [0.15, 0.2) is 0 Å². The van der Waals surface area contributed by atoms with E-state index >= 15 is 0 Å². The Hall–Kier alpha value is 0.180. The highest BCUT2D eigenvalue weighted by molar-refractivity contribution is 6.76. The van der Waals surface area contributed by atoms with Gasteiger partial charge in [0.25, 0.3) is 3.79 Å². The van der Waals surface area contributed by atoms with Crippen LogP contribution in [0, 0.1) is 17.2 Å². The van der Waals surface area contributed by atoms with Crippen molar-refractivity contribution in [3.63, 3.8) is 0 Å². The number of rotatable bonds is 14. The summed E-state index contributed by atoms with van der Waals surface area (Å²) in [5.41, 5.74) is 0. The smallest absolute Gasteiger partial charge is 0.265 e. The van der Waals surface area contributed by atoms with Crippen LogP contribution in [-0.4, -0.2) is 61.7 Å². The van der Waals surface area contributed by atoms with Gasteiger partial charge < -0.3 is 23.7 Å². The van der Waals surface area contributed by atoms with Crippen LogP contribution < -0.4 is 0 Å². The van der Waals surface area contributed by atoms with Gasteiger partial charge in [-0.05, 0) is 12.8 Å². The van der Waals surface area contributed by atoms with Gasteiger partial charge in [0.15, 0.2) is 0 Å². The second-order valence-corrected chi connectivity index (χ2v) is 10.6. The van der Waals surface area contributed by atoms with Crippen molar-refractivity contribution in [2.24, 2.45) is 11.8 Å². The molecule has 1 aliphatic rings. The molecule has 1 unspecified atom stereocenters. The maximum Gasteiger partial charge on any atom is 0.265 e. The fraction of sp³-hybridized carbons (Fsp3) is 0.955. The number of alkyl halides is 3. The van der Waals surface area contributed by atoms with E-state index in [4.69, 9.17) is 63.9 Å². The molecule has 9 heteroatoms. The van der Waals surface area contributed by atoms with Gasteiger partial charge in [0, 0.05) is 32.7 Å². The second-order valence-electron chi connectivity index (χ2n) is 8.35. The standard InChI is InChI=1S/C22H40Cl3NO5/c1-6-7-8-9-10-11-17(28-5)12-13-29-19-15(2)18(14-27-4)30-20(16(19)3)31-21(26)22(23,24)25/h15-20,26H,6-14H2,1-5H3/t15-,16-,17-,18-,19+,20?/m1/s1. The Kier molecular flexibility index (Phi) is 14.3. The van der Waals surface area contributed by atoms with E-state index in [1.807, 2.05) is 6.92 Å². The Morgan fingerprint density at radius 1 is 1.03 bits per heavy atom. The van der Waals surface area contributed by atoms with Crippen molar-refractivity contribution in [2.75, 3.05) is 27.4 Å². The first-order valence-electron chi connectivity index (χ1n) is 11.3. The normalized spacial score (nSPS) is 27.8. The molecule has 1 rings (SSSR count). The molecule has 31 heavy (non-hydrogen) atoms. The van der Waals surface area contributed by atoms with Crippen molar-refractivity contribution in [1.82, 2.24) is 0 Å². The van der Waals surface area contributed by atoms with Gasteiger partial charge in [-0.3, -0.25) is 5.41 Å². The van der Waals surface area contributed by atoms with E-state index in [1.54, 1.807) is 14.2 Å². The Bertz CT molecular complexity index is 506. The molecular weight excluding hydrogens is 465 g/mol. The van der Waals surface area contributed by atoms with E-state index in [1.165, 1.54) is 32.1 Å². The zero-order valence-electron chi connectivity index (χ0n) is 19.5. The molecule has 0 saturated carbocycles. The summed E-state index contributed by atoms with van der Waals surface area (Å²) in [6, 6.07) is 0. The van der Waals surface area contributed by atoms with Crippen molar-refractivity contribution in [3.05, 3.63) is 0 Å². The molecule has 184 valence electrons. The topological polar surface area (TPSA) is 70.0 Å². The average molecular weight is 505 g/mol. The molecule has 1 saturated heterocycles. The van der Waals surface area contributed by atoms with E-state index < -0.39 is 16.0 Å². The van der Waals surface area contributed by atoms with Crippen molar-refractivity contribution in [2.45, 2.75) is 94.1 Å². The summed E-state index contributed by atoms with van der Waals surface area (Å²) < 4.78 is 26.9. The fourth-order valence-corrected chi connectivity index (χ4v) is 4.07. The molecule has 0 aliphatic carbocycles. The third-order valence-electron chi connectivity index (χ3n) is 5.90. The van der Waals surface area contributed by atoms with Crippen LogP contribution in [0.2, 0.25) is 0 Å². The summed E-state index contributed by atoms with van der Waals surface area (Å²) in [5, 5.41) is 7.89. The molecule has 0 amide bonds. The second kappa shape index (κ2) is 15.2. The van der Waals surface area contributed by atoms with Gasteiger partial charge in [0.1, 0.15) is 0 Å². The predicted octanol–water partition coefficient (Wildman–Crippen LogP) is 6.14. The lowest BCUT2D eigenvalue weighted by Crippen LogP contribution is -2.53. The minimum atomic E-state index is -1.94. The van der Waals surface area contributed by atoms with E-state index in [9.17, 15) is 0 Å². The van der Waals surface area contributed by atoms with Crippen molar-refractivity contribution >= 4 is 40.7 Å². The summed E-state index contributed by atoms with van der Waals surface area (Å²) in [6.45, 7) is 7.21. The molecule has 0 spiro atoms. The molecule has 1 heterocycles. The van der Waals surface area contributed by atoms with Crippen molar-refractivity contribution in [1.29, 1.82) is 5.41 Å². The van der Waals surface area contributed by atoms with Crippen LogP contribution in [0.1, 0.15) is 65.7 Å². The zero-order valence-corrected chi connectivity index (χ0v) is 21.8. The summed E-state index contributed by atoms with van der Waals surface area (Å²) in [5.74, 6) is -0.557. The van der Waals surface area contributed by atoms with Crippen LogP contribution in [0.25, 0.3) is 0 Å².